The molecule has 0 spiro atoms. The molecular formula is C28H32N2O6. The normalized spacial score (nSPS) is 13.8. The summed E-state index contributed by atoms with van der Waals surface area (Å²) in [5.74, 6) is -0.931. The number of para-hydroxylation sites is 1. The van der Waals surface area contributed by atoms with E-state index in [9.17, 15) is 0 Å². The van der Waals surface area contributed by atoms with Crippen molar-refractivity contribution in [1.29, 1.82) is 0 Å². The SMILES string of the molecule is CCOc1ccc(CN2CCN(Cc3cccc(Oc4ccccc4)c3)CC2)cc1.O=C(O)C(=O)O. The molecule has 1 heterocycles. The number of carbonyl (C=O) groups is 2. The lowest BCUT2D eigenvalue weighted by atomic mass is 10.1. The first-order valence-corrected chi connectivity index (χ1v) is 11.9. The molecule has 3 aromatic rings. The smallest absolute Gasteiger partial charge is 0.414 e. The minimum absolute atomic E-state index is 0.711. The second-order valence-corrected chi connectivity index (χ2v) is 8.30. The van der Waals surface area contributed by atoms with E-state index in [4.69, 9.17) is 29.3 Å². The van der Waals surface area contributed by atoms with Crippen LogP contribution in [0.5, 0.6) is 17.2 Å². The zero-order valence-electron chi connectivity index (χ0n) is 20.4. The number of piperazine rings is 1. The van der Waals surface area contributed by atoms with Crippen molar-refractivity contribution in [2.24, 2.45) is 0 Å². The van der Waals surface area contributed by atoms with Crippen molar-refractivity contribution in [3.05, 3.63) is 90.0 Å². The Hall–Kier alpha value is -3.88. The number of benzene rings is 3. The van der Waals surface area contributed by atoms with Gasteiger partial charge in [-0.05, 0) is 54.4 Å². The maximum atomic E-state index is 9.10. The Morgan fingerprint density at radius 1 is 0.694 bits per heavy atom. The molecule has 1 saturated heterocycles. The van der Waals surface area contributed by atoms with Crippen LogP contribution in [0.2, 0.25) is 0 Å². The molecule has 0 bridgehead atoms. The van der Waals surface area contributed by atoms with Crippen molar-refractivity contribution >= 4 is 11.9 Å². The second-order valence-electron chi connectivity index (χ2n) is 8.30. The highest BCUT2D eigenvalue weighted by Crippen LogP contribution is 2.23. The molecule has 0 aliphatic carbocycles. The molecule has 1 aliphatic rings. The Kier molecular flexibility index (Phi) is 10.3. The van der Waals surface area contributed by atoms with E-state index in [0.717, 1.165) is 56.5 Å². The molecule has 2 N–H and O–H groups in total. The van der Waals surface area contributed by atoms with Crippen molar-refractivity contribution in [2.45, 2.75) is 20.0 Å². The van der Waals surface area contributed by atoms with Gasteiger partial charge in [0.1, 0.15) is 17.2 Å². The van der Waals surface area contributed by atoms with Gasteiger partial charge < -0.3 is 19.7 Å². The number of carboxylic acids is 2. The summed E-state index contributed by atoms with van der Waals surface area (Å²) in [5.41, 5.74) is 2.64. The predicted octanol–water partition coefficient (Wildman–Crippen LogP) is 4.35. The van der Waals surface area contributed by atoms with Crippen LogP contribution in [-0.4, -0.2) is 64.7 Å². The Morgan fingerprint density at radius 3 is 1.81 bits per heavy atom. The average molecular weight is 493 g/mol. The van der Waals surface area contributed by atoms with Crippen LogP contribution in [0.25, 0.3) is 0 Å². The molecule has 190 valence electrons. The van der Waals surface area contributed by atoms with Crippen LogP contribution in [0.4, 0.5) is 0 Å². The molecule has 0 radical (unpaired) electrons. The topological polar surface area (TPSA) is 99.5 Å². The Balaban J connectivity index is 0.000000538. The van der Waals surface area contributed by atoms with E-state index in [-0.39, 0.29) is 0 Å². The molecule has 4 rings (SSSR count). The minimum Gasteiger partial charge on any atom is -0.494 e. The lowest BCUT2D eigenvalue weighted by Gasteiger charge is -2.34. The number of hydrogen-bond acceptors (Lipinski definition) is 6. The molecule has 3 aromatic carbocycles. The number of carboxylic acid groups (broad SMARTS) is 2. The van der Waals surface area contributed by atoms with E-state index in [1.54, 1.807) is 0 Å². The molecule has 0 aromatic heterocycles. The fourth-order valence-electron chi connectivity index (χ4n) is 3.81. The lowest BCUT2D eigenvalue weighted by Crippen LogP contribution is -2.45. The molecule has 0 amide bonds. The molecule has 1 fully saturated rings. The second kappa shape index (κ2) is 13.9. The first kappa shape index (κ1) is 26.7. The maximum absolute atomic E-state index is 9.10. The third-order valence-electron chi connectivity index (χ3n) is 5.57. The van der Waals surface area contributed by atoms with E-state index >= 15 is 0 Å². The van der Waals surface area contributed by atoms with E-state index in [1.807, 2.05) is 43.3 Å². The van der Waals surface area contributed by atoms with Gasteiger partial charge in [0.15, 0.2) is 0 Å². The third-order valence-corrected chi connectivity index (χ3v) is 5.57. The summed E-state index contributed by atoms with van der Waals surface area (Å²) in [5, 5.41) is 14.8. The molecule has 1 aliphatic heterocycles. The fraction of sp³-hybridized carbons (Fsp3) is 0.286. The van der Waals surface area contributed by atoms with Gasteiger partial charge in [0.05, 0.1) is 6.61 Å². The van der Waals surface area contributed by atoms with Crippen LogP contribution in [0.3, 0.4) is 0 Å². The van der Waals surface area contributed by atoms with Crippen LogP contribution in [0.15, 0.2) is 78.9 Å². The van der Waals surface area contributed by atoms with Crippen LogP contribution in [-0.2, 0) is 22.7 Å². The maximum Gasteiger partial charge on any atom is 0.414 e. The molecular weight excluding hydrogens is 460 g/mol. The first-order valence-electron chi connectivity index (χ1n) is 11.9. The van der Waals surface area contributed by atoms with E-state index in [2.05, 4.69) is 52.3 Å². The Bertz CT molecular complexity index is 1080. The van der Waals surface area contributed by atoms with Gasteiger partial charge in [0.2, 0.25) is 0 Å². The van der Waals surface area contributed by atoms with Gasteiger partial charge in [0, 0.05) is 39.3 Å². The van der Waals surface area contributed by atoms with Crippen LogP contribution >= 0.6 is 0 Å². The highest BCUT2D eigenvalue weighted by molar-refractivity contribution is 6.27. The summed E-state index contributed by atoms with van der Waals surface area (Å²) >= 11 is 0. The minimum atomic E-state index is -1.82. The van der Waals surface area contributed by atoms with Gasteiger partial charge in [-0.2, -0.15) is 0 Å². The van der Waals surface area contributed by atoms with Gasteiger partial charge >= 0.3 is 11.9 Å². The zero-order chi connectivity index (χ0) is 25.8. The Labute approximate surface area is 211 Å². The summed E-state index contributed by atoms with van der Waals surface area (Å²) in [6.07, 6.45) is 0. The summed E-state index contributed by atoms with van der Waals surface area (Å²) in [7, 11) is 0. The predicted molar refractivity (Wildman–Crippen MR) is 136 cm³/mol. The van der Waals surface area contributed by atoms with E-state index < -0.39 is 11.9 Å². The quantitative estimate of drug-likeness (QED) is 0.448. The van der Waals surface area contributed by atoms with Gasteiger partial charge in [-0.3, -0.25) is 9.80 Å². The molecule has 8 heteroatoms. The molecule has 36 heavy (non-hydrogen) atoms. The van der Waals surface area contributed by atoms with Crippen molar-refractivity contribution in [1.82, 2.24) is 9.80 Å². The molecule has 0 unspecified atom stereocenters. The highest BCUT2D eigenvalue weighted by atomic mass is 16.5. The number of aliphatic carboxylic acids is 2. The van der Waals surface area contributed by atoms with Gasteiger partial charge in [-0.1, -0.05) is 42.5 Å². The van der Waals surface area contributed by atoms with E-state index in [1.165, 1.54) is 11.1 Å². The number of nitrogens with zero attached hydrogens (tertiary/aromatic N) is 2. The largest absolute Gasteiger partial charge is 0.494 e. The standard InChI is InChI=1S/C26H30N2O2.C2H2O4/c1-2-29-24-13-11-22(12-14-24)20-27-15-17-28(18-16-27)21-23-7-6-10-26(19-23)30-25-8-4-3-5-9-25;3-1(4)2(5)6/h3-14,19H,2,15-18,20-21H2,1H3;(H,3,4)(H,5,6). The first-order chi connectivity index (χ1) is 17.4. The van der Waals surface area contributed by atoms with Crippen LogP contribution in [0, 0.1) is 0 Å². The lowest BCUT2D eigenvalue weighted by molar-refractivity contribution is -0.159. The Morgan fingerprint density at radius 2 is 1.25 bits per heavy atom. The fourth-order valence-corrected chi connectivity index (χ4v) is 3.81. The van der Waals surface area contributed by atoms with Crippen molar-refractivity contribution < 1.29 is 29.3 Å². The monoisotopic (exact) mass is 492 g/mol. The summed E-state index contributed by atoms with van der Waals surface area (Å²) < 4.78 is 11.5. The van der Waals surface area contributed by atoms with Gasteiger partial charge in [0.25, 0.3) is 0 Å². The van der Waals surface area contributed by atoms with Crippen molar-refractivity contribution in [3.8, 4) is 17.2 Å². The average Bonchev–Trinajstić information content (AvgIpc) is 2.88. The zero-order valence-corrected chi connectivity index (χ0v) is 20.4. The number of rotatable bonds is 8. The molecule has 0 saturated carbocycles. The van der Waals surface area contributed by atoms with E-state index in [0.29, 0.717) is 6.61 Å². The van der Waals surface area contributed by atoms with Gasteiger partial charge in [-0.15, -0.1) is 0 Å². The van der Waals surface area contributed by atoms with Gasteiger partial charge in [-0.25, -0.2) is 9.59 Å². The summed E-state index contributed by atoms with van der Waals surface area (Å²) in [6.45, 7) is 9.04. The highest BCUT2D eigenvalue weighted by Gasteiger charge is 2.17. The number of hydrogen-bond donors (Lipinski definition) is 2. The van der Waals surface area contributed by atoms with Crippen molar-refractivity contribution in [2.75, 3.05) is 32.8 Å². The van der Waals surface area contributed by atoms with Crippen LogP contribution < -0.4 is 9.47 Å². The molecule has 8 nitrogen and oxygen atoms in total. The third kappa shape index (κ3) is 9.05. The summed E-state index contributed by atoms with van der Waals surface area (Å²) in [6, 6.07) is 26.9. The summed E-state index contributed by atoms with van der Waals surface area (Å²) in [4.78, 5) is 23.3. The molecule has 0 atom stereocenters. The van der Waals surface area contributed by atoms with Crippen molar-refractivity contribution in [3.63, 3.8) is 0 Å². The van der Waals surface area contributed by atoms with Crippen LogP contribution in [0.1, 0.15) is 18.1 Å². The number of ether oxygens (including phenoxy) is 2.